The molecule has 0 spiro atoms. The second-order valence-corrected chi connectivity index (χ2v) is 10.9. The predicted molar refractivity (Wildman–Crippen MR) is 133 cm³/mol. The molecule has 1 N–H and O–H groups in total. The molecule has 2 aromatic carbocycles. The maximum Gasteiger partial charge on any atom is 0.273 e. The Morgan fingerprint density at radius 3 is 2.46 bits per heavy atom. The molecule has 2 saturated heterocycles. The lowest BCUT2D eigenvalue weighted by Crippen LogP contribution is -2.40. The Morgan fingerprint density at radius 1 is 0.971 bits per heavy atom. The van der Waals surface area contributed by atoms with Gasteiger partial charge in [-0.05, 0) is 43.0 Å². The van der Waals surface area contributed by atoms with Crippen LogP contribution in [-0.2, 0) is 24.4 Å². The number of piperidine rings is 1. The van der Waals surface area contributed by atoms with Crippen molar-refractivity contribution < 1.29 is 22.8 Å². The highest BCUT2D eigenvalue weighted by Crippen LogP contribution is 2.33. The van der Waals surface area contributed by atoms with E-state index in [4.69, 9.17) is 9.57 Å². The molecule has 3 heterocycles. The van der Waals surface area contributed by atoms with Crippen LogP contribution in [0.2, 0.25) is 0 Å². The van der Waals surface area contributed by atoms with Crippen molar-refractivity contribution in [2.75, 3.05) is 49.6 Å². The van der Waals surface area contributed by atoms with Crippen LogP contribution >= 0.6 is 0 Å². The standard InChI is InChI=1S/C25H30N4O5S/c30-25(22-18-24(34-27-22)19-7-3-1-4-8-19)26-21-17-20(35(31,32)29-13-15-33-16-14-29)9-10-23(21)28-11-5-2-6-12-28/h1,3-4,7-10,17,24H,2,5-6,11-16,18H2,(H,26,30). The number of anilines is 2. The summed E-state index contributed by atoms with van der Waals surface area (Å²) in [4.78, 5) is 21.0. The second kappa shape index (κ2) is 10.3. The van der Waals surface area contributed by atoms with Crippen LogP contribution in [0.5, 0.6) is 0 Å². The van der Waals surface area contributed by atoms with Crippen LogP contribution in [0, 0.1) is 0 Å². The number of benzene rings is 2. The van der Waals surface area contributed by atoms with Gasteiger partial charge in [0.1, 0.15) is 5.71 Å². The van der Waals surface area contributed by atoms with Gasteiger partial charge in [0.2, 0.25) is 10.0 Å². The van der Waals surface area contributed by atoms with Crippen molar-refractivity contribution in [2.45, 2.75) is 36.7 Å². The number of hydrogen-bond donors (Lipinski definition) is 1. The van der Waals surface area contributed by atoms with Crippen molar-refractivity contribution in [3.63, 3.8) is 0 Å². The molecule has 2 fully saturated rings. The number of carbonyl (C=O) groups excluding carboxylic acids is 1. The van der Waals surface area contributed by atoms with Gasteiger partial charge in [-0.2, -0.15) is 4.31 Å². The lowest BCUT2D eigenvalue weighted by Gasteiger charge is -2.31. The average Bonchev–Trinajstić information content (AvgIpc) is 3.41. The van der Waals surface area contributed by atoms with Gasteiger partial charge < -0.3 is 19.8 Å². The number of nitrogens with one attached hydrogen (secondary N) is 1. The van der Waals surface area contributed by atoms with Crippen LogP contribution in [0.15, 0.2) is 58.6 Å². The van der Waals surface area contributed by atoms with E-state index in [1.807, 2.05) is 30.3 Å². The number of carbonyl (C=O) groups is 1. The molecule has 5 rings (SSSR count). The molecule has 0 aliphatic carbocycles. The summed E-state index contributed by atoms with van der Waals surface area (Å²) < 4.78 is 33.3. The summed E-state index contributed by atoms with van der Waals surface area (Å²) in [6.45, 7) is 3.09. The molecule has 1 amide bonds. The first-order valence-electron chi connectivity index (χ1n) is 12.1. The van der Waals surface area contributed by atoms with Gasteiger partial charge in [0, 0.05) is 32.6 Å². The van der Waals surface area contributed by atoms with Crippen molar-refractivity contribution in [1.29, 1.82) is 0 Å². The van der Waals surface area contributed by atoms with E-state index < -0.39 is 10.0 Å². The number of rotatable bonds is 6. The molecule has 3 aliphatic rings. The van der Waals surface area contributed by atoms with Crippen molar-refractivity contribution in [3.8, 4) is 0 Å². The van der Waals surface area contributed by atoms with Gasteiger partial charge in [0.15, 0.2) is 6.10 Å². The van der Waals surface area contributed by atoms with E-state index in [0.29, 0.717) is 38.4 Å². The number of morpholine rings is 1. The molecule has 0 radical (unpaired) electrons. The zero-order valence-electron chi connectivity index (χ0n) is 19.6. The normalized spacial score (nSPS) is 21.3. The van der Waals surface area contributed by atoms with Crippen LogP contribution in [0.25, 0.3) is 0 Å². The van der Waals surface area contributed by atoms with Gasteiger partial charge in [-0.25, -0.2) is 8.42 Å². The highest BCUT2D eigenvalue weighted by molar-refractivity contribution is 7.89. The number of ether oxygens (including phenoxy) is 1. The molecule has 9 nitrogen and oxygen atoms in total. The first-order valence-corrected chi connectivity index (χ1v) is 13.5. The second-order valence-electron chi connectivity index (χ2n) is 8.94. The topological polar surface area (TPSA) is 101 Å². The van der Waals surface area contributed by atoms with Gasteiger partial charge in [0.05, 0.1) is 29.5 Å². The van der Waals surface area contributed by atoms with E-state index in [9.17, 15) is 13.2 Å². The highest BCUT2D eigenvalue weighted by atomic mass is 32.2. The molecular weight excluding hydrogens is 468 g/mol. The highest BCUT2D eigenvalue weighted by Gasteiger charge is 2.30. The van der Waals surface area contributed by atoms with E-state index in [0.717, 1.165) is 43.6 Å². The van der Waals surface area contributed by atoms with Crippen LogP contribution in [0.4, 0.5) is 11.4 Å². The third-order valence-electron chi connectivity index (χ3n) is 6.62. The third-order valence-corrected chi connectivity index (χ3v) is 8.52. The van der Waals surface area contributed by atoms with Gasteiger partial charge in [-0.15, -0.1) is 0 Å². The minimum absolute atomic E-state index is 0.155. The maximum atomic E-state index is 13.3. The largest absolute Gasteiger partial charge is 0.387 e. The fourth-order valence-electron chi connectivity index (χ4n) is 4.67. The molecule has 186 valence electrons. The Hall–Kier alpha value is -2.95. The Bertz CT molecular complexity index is 1190. The monoisotopic (exact) mass is 498 g/mol. The Labute approximate surface area is 205 Å². The van der Waals surface area contributed by atoms with Gasteiger partial charge in [-0.3, -0.25) is 4.79 Å². The molecule has 0 saturated carbocycles. The number of nitrogens with zero attached hydrogens (tertiary/aromatic N) is 3. The van der Waals surface area contributed by atoms with E-state index in [2.05, 4.69) is 15.4 Å². The molecule has 3 aliphatic heterocycles. The Morgan fingerprint density at radius 2 is 1.71 bits per heavy atom. The number of oxime groups is 1. The number of hydrogen-bond acceptors (Lipinski definition) is 7. The predicted octanol–water partition coefficient (Wildman–Crippen LogP) is 3.15. The first-order chi connectivity index (χ1) is 17.0. The summed E-state index contributed by atoms with van der Waals surface area (Å²) in [5.41, 5.74) is 2.52. The van der Waals surface area contributed by atoms with Crippen molar-refractivity contribution in [2.24, 2.45) is 5.16 Å². The van der Waals surface area contributed by atoms with Crippen LogP contribution in [-0.4, -0.2) is 63.7 Å². The summed E-state index contributed by atoms with van der Waals surface area (Å²) in [6.07, 6.45) is 3.31. The van der Waals surface area contributed by atoms with Crippen LogP contribution in [0.3, 0.4) is 0 Å². The molecule has 0 bridgehead atoms. The lowest BCUT2D eigenvalue weighted by molar-refractivity contribution is -0.110. The average molecular weight is 499 g/mol. The SMILES string of the molecule is O=C(Nc1cc(S(=O)(=O)N2CCOCC2)ccc1N1CCCCC1)C1=NOC(c2ccccc2)C1. The quantitative estimate of drug-likeness (QED) is 0.657. The minimum Gasteiger partial charge on any atom is -0.387 e. The fraction of sp³-hybridized carbons (Fsp3) is 0.440. The summed E-state index contributed by atoms with van der Waals surface area (Å²) in [5.74, 6) is -0.386. The number of sulfonamides is 1. The molecule has 10 heteroatoms. The first kappa shape index (κ1) is 23.8. The van der Waals surface area contributed by atoms with Crippen molar-refractivity contribution in [3.05, 3.63) is 54.1 Å². The van der Waals surface area contributed by atoms with E-state index in [-0.39, 0.29) is 22.6 Å². The summed E-state index contributed by atoms with van der Waals surface area (Å²) in [5, 5.41) is 6.97. The van der Waals surface area contributed by atoms with Crippen molar-refractivity contribution in [1.82, 2.24) is 4.31 Å². The third kappa shape index (κ3) is 5.19. The van der Waals surface area contributed by atoms with Crippen LogP contribution < -0.4 is 10.2 Å². The summed E-state index contributed by atoms with van der Waals surface area (Å²) >= 11 is 0. The summed E-state index contributed by atoms with van der Waals surface area (Å²) in [6, 6.07) is 14.6. The minimum atomic E-state index is -3.70. The van der Waals surface area contributed by atoms with Crippen molar-refractivity contribution >= 4 is 33.0 Å². The van der Waals surface area contributed by atoms with E-state index in [1.165, 1.54) is 4.31 Å². The Kier molecular flexibility index (Phi) is 7.03. The smallest absolute Gasteiger partial charge is 0.273 e. The molecule has 2 aromatic rings. The molecule has 35 heavy (non-hydrogen) atoms. The van der Waals surface area contributed by atoms with Gasteiger partial charge in [0.25, 0.3) is 5.91 Å². The maximum absolute atomic E-state index is 13.3. The van der Waals surface area contributed by atoms with E-state index in [1.54, 1.807) is 18.2 Å². The molecular formula is C25H30N4O5S. The van der Waals surface area contributed by atoms with Gasteiger partial charge in [-0.1, -0.05) is 35.5 Å². The van der Waals surface area contributed by atoms with E-state index >= 15 is 0 Å². The molecule has 0 aromatic heterocycles. The Balaban J connectivity index is 1.39. The zero-order valence-corrected chi connectivity index (χ0v) is 20.4. The molecule has 1 atom stereocenters. The molecule has 1 unspecified atom stereocenters. The summed E-state index contributed by atoms with van der Waals surface area (Å²) in [7, 11) is -3.70. The van der Waals surface area contributed by atoms with Crippen LogP contribution in [0.1, 0.15) is 37.4 Å². The lowest BCUT2D eigenvalue weighted by atomic mass is 10.0. The fourth-order valence-corrected chi connectivity index (χ4v) is 6.11. The zero-order chi connectivity index (χ0) is 24.3. The van der Waals surface area contributed by atoms with Gasteiger partial charge >= 0.3 is 0 Å². The number of amides is 1.